The van der Waals surface area contributed by atoms with Crippen molar-refractivity contribution in [1.29, 1.82) is 0 Å². The topological polar surface area (TPSA) is 48.9 Å². The molecular formula is C20H21F3N4OS. The van der Waals surface area contributed by atoms with Gasteiger partial charge >= 0.3 is 6.18 Å². The Hall–Kier alpha value is -2.65. The fraction of sp³-hybridized carbons (Fsp3) is 0.300. The first-order valence-electron chi connectivity index (χ1n) is 9.05. The summed E-state index contributed by atoms with van der Waals surface area (Å²) in [7, 11) is 0. The summed E-state index contributed by atoms with van der Waals surface area (Å²) in [6.45, 7) is 4.94. The van der Waals surface area contributed by atoms with Gasteiger partial charge in [0, 0.05) is 18.8 Å². The van der Waals surface area contributed by atoms with E-state index in [9.17, 15) is 13.2 Å². The lowest BCUT2D eigenvalue weighted by molar-refractivity contribution is -0.136. The molecule has 1 aliphatic heterocycles. The monoisotopic (exact) mass is 422 g/mol. The van der Waals surface area contributed by atoms with Crippen LogP contribution in [0.3, 0.4) is 0 Å². The molecule has 9 heteroatoms. The molecule has 154 valence electrons. The summed E-state index contributed by atoms with van der Waals surface area (Å²) in [5, 5.41) is 6.70. The van der Waals surface area contributed by atoms with Gasteiger partial charge in [-0.15, -0.1) is 0 Å². The molecular weight excluding hydrogens is 401 g/mol. The summed E-state index contributed by atoms with van der Waals surface area (Å²) in [6.07, 6.45) is -4.47. The van der Waals surface area contributed by atoms with Crippen molar-refractivity contribution in [2.45, 2.75) is 13.1 Å². The predicted molar refractivity (Wildman–Crippen MR) is 112 cm³/mol. The molecule has 5 nitrogen and oxygen atoms in total. The summed E-state index contributed by atoms with van der Waals surface area (Å²) >= 11 is 5.08. The second kappa shape index (κ2) is 9.23. The summed E-state index contributed by atoms with van der Waals surface area (Å²) < 4.78 is 44.5. The molecule has 0 spiro atoms. The minimum Gasteiger partial charge on any atom is -0.378 e. The number of hydrogen-bond acceptors (Lipinski definition) is 4. The molecule has 3 rings (SSSR count). The van der Waals surface area contributed by atoms with Crippen LogP contribution in [0.4, 0.5) is 24.5 Å². The number of alkyl halides is 3. The molecule has 1 heterocycles. The number of thiocarbonyl (C=S) groups is 1. The third-order valence-electron chi connectivity index (χ3n) is 4.47. The lowest BCUT2D eigenvalue weighted by Gasteiger charge is -2.28. The molecule has 2 N–H and O–H groups in total. The van der Waals surface area contributed by atoms with Crippen LogP contribution in [0.1, 0.15) is 18.1 Å². The average molecular weight is 422 g/mol. The molecule has 0 aliphatic carbocycles. The first kappa shape index (κ1) is 21.1. The lowest BCUT2D eigenvalue weighted by Crippen LogP contribution is -2.36. The fourth-order valence-corrected chi connectivity index (χ4v) is 3.08. The fourth-order valence-electron chi connectivity index (χ4n) is 2.92. The van der Waals surface area contributed by atoms with Crippen LogP contribution in [0.5, 0.6) is 0 Å². The molecule has 0 amide bonds. The zero-order valence-electron chi connectivity index (χ0n) is 15.8. The summed E-state index contributed by atoms with van der Waals surface area (Å²) in [6, 6.07) is 13.1. The minimum absolute atomic E-state index is 0.0222. The number of halogens is 3. The van der Waals surface area contributed by atoms with Crippen molar-refractivity contribution in [3.63, 3.8) is 0 Å². The largest absolute Gasteiger partial charge is 0.418 e. The van der Waals surface area contributed by atoms with Crippen LogP contribution in [0.25, 0.3) is 0 Å². The Morgan fingerprint density at radius 3 is 2.38 bits per heavy atom. The van der Waals surface area contributed by atoms with E-state index in [2.05, 4.69) is 20.7 Å². The smallest absolute Gasteiger partial charge is 0.378 e. The number of anilines is 2. The Kier molecular flexibility index (Phi) is 6.71. The van der Waals surface area contributed by atoms with Crippen molar-refractivity contribution in [3.8, 4) is 0 Å². The van der Waals surface area contributed by atoms with E-state index in [0.29, 0.717) is 18.9 Å². The number of nitrogens with zero attached hydrogens (tertiary/aromatic N) is 2. The van der Waals surface area contributed by atoms with Crippen molar-refractivity contribution < 1.29 is 17.9 Å². The van der Waals surface area contributed by atoms with E-state index in [1.54, 1.807) is 6.92 Å². The standard InChI is InChI=1S/C20H21F3N4OS/c1-14(15-6-8-16(9-7-15)27-10-12-28-13-11-27)25-26-19(29)24-18-5-3-2-4-17(18)20(21,22)23/h2-9H,10-13H2,1H3,(H2,24,26,29)/b25-14-. The van der Waals surface area contributed by atoms with Crippen LogP contribution in [-0.4, -0.2) is 37.1 Å². The van der Waals surface area contributed by atoms with E-state index in [1.165, 1.54) is 18.2 Å². The maximum atomic E-state index is 13.1. The lowest BCUT2D eigenvalue weighted by atomic mass is 10.1. The van der Waals surface area contributed by atoms with Gasteiger partial charge in [-0.3, -0.25) is 5.43 Å². The van der Waals surface area contributed by atoms with Gasteiger partial charge in [0.15, 0.2) is 5.11 Å². The molecule has 1 fully saturated rings. The molecule has 1 saturated heterocycles. The number of ether oxygens (including phenoxy) is 1. The molecule has 0 unspecified atom stereocenters. The molecule has 0 aromatic heterocycles. The molecule has 0 atom stereocenters. The third kappa shape index (κ3) is 5.68. The van der Waals surface area contributed by atoms with Crippen LogP contribution in [-0.2, 0) is 10.9 Å². The van der Waals surface area contributed by atoms with Gasteiger partial charge in [-0.1, -0.05) is 24.3 Å². The van der Waals surface area contributed by atoms with Gasteiger partial charge in [0.05, 0.1) is 30.2 Å². The number of rotatable bonds is 4. The number of hydrogen-bond donors (Lipinski definition) is 2. The molecule has 29 heavy (non-hydrogen) atoms. The van der Waals surface area contributed by atoms with Gasteiger partial charge in [-0.25, -0.2) is 0 Å². The third-order valence-corrected chi connectivity index (χ3v) is 4.66. The van der Waals surface area contributed by atoms with Crippen molar-refractivity contribution in [3.05, 3.63) is 59.7 Å². The second-order valence-corrected chi connectivity index (χ2v) is 6.86. The van der Waals surface area contributed by atoms with Crippen LogP contribution in [0.15, 0.2) is 53.6 Å². The second-order valence-electron chi connectivity index (χ2n) is 6.45. The number of hydrazone groups is 1. The summed E-state index contributed by atoms with van der Waals surface area (Å²) in [4.78, 5) is 2.25. The Morgan fingerprint density at radius 2 is 1.72 bits per heavy atom. The predicted octanol–water partition coefficient (Wildman–Crippen LogP) is 4.25. The Morgan fingerprint density at radius 1 is 1.07 bits per heavy atom. The number of benzene rings is 2. The highest BCUT2D eigenvalue weighted by Crippen LogP contribution is 2.34. The first-order valence-corrected chi connectivity index (χ1v) is 9.46. The SMILES string of the molecule is C/C(=N/NC(=S)Nc1ccccc1C(F)(F)F)c1ccc(N2CCOCC2)cc1. The molecule has 1 aliphatic rings. The normalized spacial score (nSPS) is 15.2. The highest BCUT2D eigenvalue weighted by Gasteiger charge is 2.33. The number of morpholine rings is 1. The number of para-hydroxylation sites is 1. The maximum Gasteiger partial charge on any atom is 0.418 e. The summed E-state index contributed by atoms with van der Waals surface area (Å²) in [5.74, 6) is 0. The van der Waals surface area contributed by atoms with E-state index in [1.807, 2.05) is 24.3 Å². The molecule has 2 aromatic carbocycles. The van der Waals surface area contributed by atoms with Crippen molar-refractivity contribution in [2.24, 2.45) is 5.10 Å². The van der Waals surface area contributed by atoms with E-state index in [0.717, 1.165) is 30.4 Å². The van der Waals surface area contributed by atoms with Gasteiger partial charge in [0.1, 0.15) is 0 Å². The summed E-state index contributed by atoms with van der Waals surface area (Å²) in [5.41, 5.74) is 4.34. The first-order chi connectivity index (χ1) is 13.8. The Labute approximate surface area is 172 Å². The van der Waals surface area contributed by atoms with E-state index >= 15 is 0 Å². The molecule has 0 saturated carbocycles. The van der Waals surface area contributed by atoms with Crippen LogP contribution >= 0.6 is 12.2 Å². The zero-order valence-corrected chi connectivity index (χ0v) is 16.6. The van der Waals surface area contributed by atoms with Gasteiger partial charge in [0.2, 0.25) is 0 Å². The van der Waals surface area contributed by atoms with Crippen molar-refractivity contribution in [2.75, 3.05) is 36.5 Å². The van der Waals surface area contributed by atoms with Crippen molar-refractivity contribution in [1.82, 2.24) is 5.43 Å². The Balaban J connectivity index is 1.62. The highest BCUT2D eigenvalue weighted by molar-refractivity contribution is 7.80. The van der Waals surface area contributed by atoms with E-state index < -0.39 is 11.7 Å². The number of nitrogens with one attached hydrogen (secondary N) is 2. The van der Waals surface area contributed by atoms with Crippen molar-refractivity contribution >= 4 is 34.4 Å². The zero-order chi connectivity index (χ0) is 20.9. The van der Waals surface area contributed by atoms with E-state index in [-0.39, 0.29) is 10.8 Å². The van der Waals surface area contributed by atoms with Gasteiger partial charge < -0.3 is 15.0 Å². The maximum absolute atomic E-state index is 13.1. The quantitative estimate of drug-likeness (QED) is 0.438. The van der Waals surface area contributed by atoms with Crippen LogP contribution < -0.4 is 15.6 Å². The van der Waals surface area contributed by atoms with Gasteiger partial charge in [-0.05, 0) is 49.0 Å². The van der Waals surface area contributed by atoms with Gasteiger partial charge in [-0.2, -0.15) is 18.3 Å². The van der Waals surface area contributed by atoms with E-state index in [4.69, 9.17) is 17.0 Å². The molecule has 2 aromatic rings. The average Bonchev–Trinajstić information content (AvgIpc) is 2.72. The molecule has 0 radical (unpaired) electrons. The minimum atomic E-state index is -4.47. The van der Waals surface area contributed by atoms with Gasteiger partial charge in [0.25, 0.3) is 0 Å². The van der Waals surface area contributed by atoms with Crippen LogP contribution in [0.2, 0.25) is 0 Å². The highest BCUT2D eigenvalue weighted by atomic mass is 32.1. The van der Waals surface area contributed by atoms with Crippen LogP contribution in [0, 0.1) is 0 Å². The molecule has 0 bridgehead atoms. The Bertz CT molecular complexity index is 878.